The Labute approximate surface area is 227 Å². The summed E-state index contributed by atoms with van der Waals surface area (Å²) in [6.45, 7) is 12.5. The second-order valence-corrected chi connectivity index (χ2v) is 10.8. The molecule has 2 saturated heterocycles. The van der Waals surface area contributed by atoms with Crippen molar-refractivity contribution in [1.82, 2.24) is 4.90 Å². The lowest BCUT2D eigenvalue weighted by Gasteiger charge is -2.37. The molecule has 2 fully saturated rings. The van der Waals surface area contributed by atoms with E-state index >= 15 is 4.39 Å². The Morgan fingerprint density at radius 3 is 2.26 bits per heavy atom. The molecule has 202 valence electrons. The highest BCUT2D eigenvalue weighted by Gasteiger charge is 2.38. The number of carbonyl (C=O) groups is 1. The van der Waals surface area contributed by atoms with Gasteiger partial charge < -0.3 is 9.64 Å². The van der Waals surface area contributed by atoms with Crippen LogP contribution in [0.5, 0.6) is 0 Å². The summed E-state index contributed by atoms with van der Waals surface area (Å²) in [5, 5.41) is 9.02. The van der Waals surface area contributed by atoms with Crippen LogP contribution in [0.2, 0.25) is 0 Å². The van der Waals surface area contributed by atoms with Crippen molar-refractivity contribution in [3.8, 4) is 6.07 Å². The van der Waals surface area contributed by atoms with E-state index < -0.39 is 5.67 Å². The van der Waals surface area contributed by atoms with Crippen LogP contribution in [-0.2, 0) is 10.4 Å². The van der Waals surface area contributed by atoms with Crippen molar-refractivity contribution < 1.29 is 15.3 Å². The van der Waals surface area contributed by atoms with E-state index in [9.17, 15) is 4.79 Å². The summed E-state index contributed by atoms with van der Waals surface area (Å²) >= 11 is 0. The number of rotatable bonds is 5. The third-order valence-electron chi connectivity index (χ3n) is 8.28. The monoisotopic (exact) mass is 517 g/mol. The van der Waals surface area contributed by atoms with Crippen molar-refractivity contribution in [1.29, 1.82) is 5.26 Å². The molecule has 0 unspecified atom stereocenters. The molecule has 0 spiro atoms. The number of likely N-dealkylation sites (tertiary alicyclic amines) is 1. The number of nitriles is 1. The molecular formula is C32H40FN3O2. The maximum absolute atomic E-state index is 15.8. The van der Waals surface area contributed by atoms with Gasteiger partial charge in [0.1, 0.15) is 5.67 Å². The van der Waals surface area contributed by atoms with Crippen LogP contribution in [0.15, 0.2) is 47.1 Å². The Kier molecular flexibility index (Phi) is 8.47. The van der Waals surface area contributed by atoms with Crippen molar-refractivity contribution in [2.45, 2.75) is 66.0 Å². The molecule has 2 aliphatic rings. The fourth-order valence-electron chi connectivity index (χ4n) is 5.60. The lowest BCUT2D eigenvalue weighted by molar-refractivity contribution is 0.0421. The van der Waals surface area contributed by atoms with Crippen molar-refractivity contribution in [2.24, 2.45) is 10.9 Å². The molecule has 4 rings (SSSR count). The van der Waals surface area contributed by atoms with Crippen molar-refractivity contribution in [3.63, 3.8) is 0 Å². The fourth-order valence-corrected chi connectivity index (χ4v) is 5.60. The molecule has 0 bridgehead atoms. The van der Waals surface area contributed by atoms with Gasteiger partial charge in [0, 0.05) is 63.5 Å². The van der Waals surface area contributed by atoms with Crippen LogP contribution in [0.4, 0.5) is 4.39 Å². The van der Waals surface area contributed by atoms with Gasteiger partial charge in [-0.2, -0.15) is 5.26 Å². The Morgan fingerprint density at radius 2 is 1.66 bits per heavy atom. The maximum atomic E-state index is 15.8. The number of amides is 1. The third kappa shape index (κ3) is 5.89. The molecule has 2 aromatic rings. The predicted octanol–water partition coefficient (Wildman–Crippen LogP) is 7.16. The second-order valence-electron chi connectivity index (χ2n) is 10.8. The molecule has 38 heavy (non-hydrogen) atoms. The first-order chi connectivity index (χ1) is 18.1. The van der Waals surface area contributed by atoms with Gasteiger partial charge in [0.05, 0.1) is 11.6 Å². The second kappa shape index (κ2) is 11.6. The molecule has 2 aliphatic heterocycles. The minimum atomic E-state index is -1.49. The third-order valence-corrected chi connectivity index (χ3v) is 8.28. The molecule has 2 aromatic carbocycles. The van der Waals surface area contributed by atoms with Gasteiger partial charge in [-0.05, 0) is 93.5 Å². The van der Waals surface area contributed by atoms with Gasteiger partial charge in [0.2, 0.25) is 0 Å². The number of benzene rings is 2. The highest BCUT2D eigenvalue weighted by atomic mass is 19.1. The highest BCUT2D eigenvalue weighted by Crippen LogP contribution is 2.38. The number of halogens is 1. The first kappa shape index (κ1) is 27.7. The van der Waals surface area contributed by atoms with Gasteiger partial charge in [-0.1, -0.05) is 18.2 Å². The van der Waals surface area contributed by atoms with Crippen molar-refractivity contribution in [3.05, 3.63) is 75.5 Å². The predicted molar refractivity (Wildman–Crippen MR) is 152 cm³/mol. The first-order valence-electron chi connectivity index (χ1n) is 13.5. The molecule has 0 aliphatic carbocycles. The highest BCUT2D eigenvalue weighted by molar-refractivity contribution is 5.97. The Hall–Kier alpha value is -3.30. The zero-order chi connectivity index (χ0) is 27.4. The summed E-state index contributed by atoms with van der Waals surface area (Å²) < 4.78 is 21.3. The van der Waals surface area contributed by atoms with Gasteiger partial charge in [-0.15, -0.1) is 0 Å². The van der Waals surface area contributed by atoms with Gasteiger partial charge in [-0.3, -0.25) is 9.79 Å². The summed E-state index contributed by atoms with van der Waals surface area (Å²) in [6, 6.07) is 12.8. The largest absolute Gasteiger partial charge is 0.381 e. The number of hydrogen-bond acceptors (Lipinski definition) is 4. The topological polar surface area (TPSA) is 65.7 Å². The standard InChI is InChI=1S/C32H38FN3O2.H2/c1-21-18-22(2)30(19-29(21)23(3)24(4)35-25(5)27-10-16-38-17-11-27)31(37)36-14-12-32(33,13-15-36)28-8-6-26(20-34)7-9-28;/h6-9,18-19,27H,10-17H2,1-5H3;1H/b24-23+,35-25?;. The summed E-state index contributed by atoms with van der Waals surface area (Å²) in [5.41, 5.74) is 6.47. The molecule has 5 nitrogen and oxygen atoms in total. The van der Waals surface area contributed by atoms with E-state index in [4.69, 9.17) is 15.0 Å². The molecule has 0 radical (unpaired) electrons. The van der Waals surface area contributed by atoms with E-state index in [0.717, 1.165) is 59.7 Å². The number of aliphatic imine (C=N–C) groups is 1. The SMILES string of the molecule is CC(=N/C(C)=C(\C)c1cc(C(=O)N2CCC(F)(c3ccc(C#N)cc3)CC2)c(C)cc1C)C1CCOCC1.[HH]. The first-order valence-corrected chi connectivity index (χ1v) is 13.5. The van der Waals surface area contributed by atoms with E-state index in [0.29, 0.717) is 35.7 Å². The number of piperidine rings is 1. The number of nitrogens with zero attached hydrogens (tertiary/aromatic N) is 3. The summed E-state index contributed by atoms with van der Waals surface area (Å²) in [6.07, 6.45) is 2.48. The maximum Gasteiger partial charge on any atom is 0.254 e. The minimum Gasteiger partial charge on any atom is -0.381 e. The zero-order valence-electron chi connectivity index (χ0n) is 23.2. The van der Waals surface area contributed by atoms with Crippen molar-refractivity contribution in [2.75, 3.05) is 26.3 Å². The summed E-state index contributed by atoms with van der Waals surface area (Å²) in [7, 11) is 0. The number of allylic oxidation sites excluding steroid dienone is 2. The average Bonchev–Trinajstić information content (AvgIpc) is 2.93. The normalized spacial score (nSPS) is 19.1. The van der Waals surface area contributed by atoms with Gasteiger partial charge in [0.15, 0.2) is 0 Å². The van der Waals surface area contributed by atoms with E-state index in [2.05, 4.69) is 32.9 Å². The molecule has 2 heterocycles. The Balaban J connectivity index is 0.00000420. The quantitative estimate of drug-likeness (QED) is 0.395. The number of carbonyl (C=O) groups excluding carboxylic acids is 1. The van der Waals surface area contributed by atoms with E-state index in [1.807, 2.05) is 19.9 Å². The number of ether oxygens (including phenoxy) is 1. The smallest absolute Gasteiger partial charge is 0.254 e. The van der Waals surface area contributed by atoms with E-state index in [1.54, 1.807) is 29.2 Å². The molecule has 0 atom stereocenters. The molecule has 0 saturated carbocycles. The number of aryl methyl sites for hydroxylation is 2. The number of hydrogen-bond donors (Lipinski definition) is 0. The van der Waals surface area contributed by atoms with E-state index in [1.165, 1.54) is 0 Å². The molecule has 6 heteroatoms. The lowest BCUT2D eigenvalue weighted by atomic mass is 9.85. The molecule has 1 amide bonds. The van der Waals surface area contributed by atoms with Crippen LogP contribution in [0.1, 0.15) is 86.1 Å². The fraction of sp³-hybridized carbons (Fsp3) is 0.469. The molecule has 0 N–H and O–H groups in total. The Bertz CT molecular complexity index is 1300. The molecule has 0 aromatic heterocycles. The van der Waals surface area contributed by atoms with Crippen LogP contribution in [-0.4, -0.2) is 42.8 Å². The van der Waals surface area contributed by atoms with E-state index in [-0.39, 0.29) is 20.2 Å². The lowest BCUT2D eigenvalue weighted by Crippen LogP contribution is -2.43. The summed E-state index contributed by atoms with van der Waals surface area (Å²) in [4.78, 5) is 20.3. The van der Waals surface area contributed by atoms with Crippen molar-refractivity contribution >= 4 is 17.2 Å². The van der Waals surface area contributed by atoms with Gasteiger partial charge in [-0.25, -0.2) is 4.39 Å². The van der Waals surface area contributed by atoms with Crippen LogP contribution >= 0.6 is 0 Å². The molecular weight excluding hydrogens is 477 g/mol. The van der Waals surface area contributed by atoms with Crippen LogP contribution in [0.25, 0.3) is 5.57 Å². The van der Waals surface area contributed by atoms with Crippen LogP contribution in [0.3, 0.4) is 0 Å². The minimum absolute atomic E-state index is 0. The average molecular weight is 518 g/mol. The zero-order valence-corrected chi connectivity index (χ0v) is 23.2. The van der Waals surface area contributed by atoms with Crippen LogP contribution < -0.4 is 0 Å². The summed E-state index contributed by atoms with van der Waals surface area (Å²) in [5.74, 6) is 0.395. The Morgan fingerprint density at radius 1 is 1.05 bits per heavy atom. The van der Waals surface area contributed by atoms with Crippen LogP contribution in [0, 0.1) is 31.1 Å². The van der Waals surface area contributed by atoms with Gasteiger partial charge in [0.25, 0.3) is 5.91 Å². The number of alkyl halides is 1. The van der Waals surface area contributed by atoms with Gasteiger partial charge >= 0.3 is 0 Å².